The van der Waals surface area contributed by atoms with Gasteiger partial charge in [0.25, 0.3) is 11.8 Å². The van der Waals surface area contributed by atoms with Crippen LogP contribution in [0.1, 0.15) is 49.7 Å². The molecular weight excluding hydrogens is 424 g/mol. The fourth-order valence-corrected chi connectivity index (χ4v) is 5.42. The molecule has 1 fully saturated rings. The first-order chi connectivity index (χ1) is 16.6. The summed E-state index contributed by atoms with van der Waals surface area (Å²) in [6, 6.07) is 18.7. The summed E-state index contributed by atoms with van der Waals surface area (Å²) in [6.45, 7) is 1.79. The molecule has 0 spiro atoms. The van der Waals surface area contributed by atoms with E-state index in [1.807, 2.05) is 65.6 Å². The van der Waals surface area contributed by atoms with Gasteiger partial charge in [0.15, 0.2) is 0 Å². The zero-order valence-electron chi connectivity index (χ0n) is 19.4. The average molecular weight is 455 g/mol. The minimum Gasteiger partial charge on any atom is -0.339 e. The van der Waals surface area contributed by atoms with Crippen molar-refractivity contribution in [1.29, 1.82) is 0 Å². The van der Waals surface area contributed by atoms with E-state index in [1.165, 1.54) is 23.3 Å². The van der Waals surface area contributed by atoms with Crippen LogP contribution in [-0.2, 0) is 14.4 Å². The van der Waals surface area contributed by atoms with Crippen molar-refractivity contribution in [1.82, 2.24) is 9.80 Å². The van der Waals surface area contributed by atoms with Gasteiger partial charge in [0, 0.05) is 26.1 Å². The van der Waals surface area contributed by atoms with Crippen molar-refractivity contribution in [2.45, 2.75) is 38.5 Å². The number of carbonyl (C=O) groups is 3. The highest BCUT2D eigenvalue weighted by atomic mass is 16.2. The zero-order valence-corrected chi connectivity index (χ0v) is 19.4. The highest BCUT2D eigenvalue weighted by molar-refractivity contribution is 6.48. The van der Waals surface area contributed by atoms with Gasteiger partial charge in [-0.1, -0.05) is 72.3 Å². The molecule has 0 aromatic heterocycles. The molecule has 1 unspecified atom stereocenters. The first kappa shape index (κ1) is 22.3. The number of nitrogens with zero attached hydrogens (tertiary/aromatic N) is 2. The van der Waals surface area contributed by atoms with E-state index in [2.05, 4.69) is 6.08 Å². The van der Waals surface area contributed by atoms with Gasteiger partial charge < -0.3 is 4.90 Å². The van der Waals surface area contributed by atoms with Crippen molar-refractivity contribution in [3.05, 3.63) is 83.4 Å². The summed E-state index contributed by atoms with van der Waals surface area (Å²) >= 11 is 0. The zero-order chi connectivity index (χ0) is 23.5. The molecule has 3 aliphatic rings. The maximum absolute atomic E-state index is 13.4. The third-order valence-corrected chi connectivity index (χ3v) is 7.23. The molecule has 3 amide bonds. The van der Waals surface area contributed by atoms with Crippen molar-refractivity contribution >= 4 is 28.9 Å². The summed E-state index contributed by atoms with van der Waals surface area (Å²) in [4.78, 5) is 42.9. The number of allylic oxidation sites excluding steroid dienone is 1. The Hall–Kier alpha value is -3.47. The number of carbonyl (C=O) groups excluding carboxylic acids is 3. The second kappa shape index (κ2) is 9.80. The number of rotatable bonds is 6. The van der Waals surface area contributed by atoms with Gasteiger partial charge in [-0.15, -0.1) is 0 Å². The van der Waals surface area contributed by atoms with Crippen molar-refractivity contribution in [3.63, 3.8) is 0 Å². The van der Waals surface area contributed by atoms with Crippen LogP contribution in [0.3, 0.4) is 0 Å². The molecule has 0 N–H and O–H groups in total. The lowest BCUT2D eigenvalue weighted by Crippen LogP contribution is -2.41. The van der Waals surface area contributed by atoms with Crippen molar-refractivity contribution in [3.8, 4) is 0 Å². The van der Waals surface area contributed by atoms with Crippen LogP contribution in [-0.4, -0.2) is 47.2 Å². The first-order valence-electron chi connectivity index (χ1n) is 12.3. The fraction of sp³-hybridized carbons (Fsp3) is 0.345. The molecule has 0 saturated carbocycles. The number of imide groups is 1. The molecule has 5 heteroatoms. The number of piperidine rings is 1. The lowest BCUT2D eigenvalue weighted by molar-refractivity contribution is -0.137. The molecule has 5 rings (SSSR count). The number of likely N-dealkylation sites (tertiary alicyclic amines) is 1. The number of fused-ring (bicyclic) bond motifs is 1. The molecule has 0 bridgehead atoms. The van der Waals surface area contributed by atoms with E-state index in [0.717, 1.165) is 37.1 Å². The Balaban J connectivity index is 1.27. The Kier molecular flexibility index (Phi) is 6.43. The predicted octanol–water partition coefficient (Wildman–Crippen LogP) is 4.71. The van der Waals surface area contributed by atoms with E-state index >= 15 is 0 Å². The van der Waals surface area contributed by atoms with Gasteiger partial charge in [-0.3, -0.25) is 19.3 Å². The molecule has 1 aliphatic carbocycles. The quantitative estimate of drug-likeness (QED) is 0.469. The van der Waals surface area contributed by atoms with E-state index in [1.54, 1.807) is 0 Å². The number of hydrogen-bond donors (Lipinski definition) is 0. The minimum absolute atomic E-state index is 0.114. The van der Waals surface area contributed by atoms with Gasteiger partial charge in [0.05, 0.1) is 11.1 Å². The summed E-state index contributed by atoms with van der Waals surface area (Å²) < 4.78 is 0. The van der Waals surface area contributed by atoms with Crippen LogP contribution < -0.4 is 0 Å². The van der Waals surface area contributed by atoms with E-state index in [9.17, 15) is 14.4 Å². The van der Waals surface area contributed by atoms with E-state index in [0.29, 0.717) is 29.9 Å². The summed E-state index contributed by atoms with van der Waals surface area (Å²) in [5.41, 5.74) is 3.77. The Labute approximate surface area is 200 Å². The van der Waals surface area contributed by atoms with Crippen LogP contribution in [0.25, 0.3) is 11.1 Å². The van der Waals surface area contributed by atoms with Gasteiger partial charge in [-0.2, -0.15) is 0 Å². The molecule has 1 atom stereocenters. The monoisotopic (exact) mass is 454 g/mol. The molecule has 2 heterocycles. The Bertz CT molecular complexity index is 1090. The van der Waals surface area contributed by atoms with Crippen molar-refractivity contribution in [2.75, 3.05) is 19.6 Å². The fourth-order valence-electron chi connectivity index (χ4n) is 5.42. The first-order valence-corrected chi connectivity index (χ1v) is 12.3. The van der Waals surface area contributed by atoms with E-state index in [-0.39, 0.29) is 24.3 Å². The van der Waals surface area contributed by atoms with Crippen molar-refractivity contribution in [2.24, 2.45) is 5.92 Å². The largest absolute Gasteiger partial charge is 0.339 e. The normalized spacial score (nSPS) is 20.5. The molecule has 5 nitrogen and oxygen atoms in total. The second-order valence-electron chi connectivity index (χ2n) is 9.36. The molecule has 0 radical (unpaired) electrons. The maximum Gasteiger partial charge on any atom is 0.262 e. The lowest BCUT2D eigenvalue weighted by atomic mass is 9.82. The third kappa shape index (κ3) is 4.35. The standard InChI is InChI=1S/C29H30N2O3/c32-25(30-19-17-21-10-7-8-15-24(21)20-30)16-9-18-31-28(33)26(22-11-3-1-4-12-22)27(29(31)34)23-13-5-2-6-14-23/h1-6,11-15,21H,7-10,16-20H2. The Morgan fingerprint density at radius 1 is 0.853 bits per heavy atom. The van der Waals surface area contributed by atoms with Crippen LogP contribution >= 0.6 is 0 Å². The van der Waals surface area contributed by atoms with Crippen LogP contribution in [0.4, 0.5) is 0 Å². The molecule has 34 heavy (non-hydrogen) atoms. The molecule has 174 valence electrons. The summed E-state index contributed by atoms with van der Waals surface area (Å²) in [7, 11) is 0. The lowest BCUT2D eigenvalue weighted by Gasteiger charge is -2.36. The molecule has 2 aromatic carbocycles. The van der Waals surface area contributed by atoms with Gasteiger partial charge in [-0.05, 0) is 49.1 Å². The van der Waals surface area contributed by atoms with Gasteiger partial charge in [-0.25, -0.2) is 0 Å². The number of hydrogen-bond acceptors (Lipinski definition) is 3. The summed E-state index contributed by atoms with van der Waals surface area (Å²) in [5.74, 6) is 0.200. The van der Waals surface area contributed by atoms with Gasteiger partial charge >= 0.3 is 0 Å². The van der Waals surface area contributed by atoms with E-state index in [4.69, 9.17) is 0 Å². The molecule has 1 saturated heterocycles. The molecular formula is C29H30N2O3. The van der Waals surface area contributed by atoms with Crippen LogP contribution in [0.15, 0.2) is 72.3 Å². The topological polar surface area (TPSA) is 57.7 Å². The maximum atomic E-state index is 13.4. The number of benzene rings is 2. The average Bonchev–Trinajstić information content (AvgIpc) is 3.14. The van der Waals surface area contributed by atoms with Crippen LogP contribution in [0.2, 0.25) is 0 Å². The Morgan fingerprint density at radius 2 is 1.47 bits per heavy atom. The number of amides is 3. The van der Waals surface area contributed by atoms with Crippen LogP contribution in [0.5, 0.6) is 0 Å². The van der Waals surface area contributed by atoms with Gasteiger partial charge in [0.2, 0.25) is 5.91 Å². The smallest absolute Gasteiger partial charge is 0.262 e. The van der Waals surface area contributed by atoms with E-state index < -0.39 is 0 Å². The Morgan fingerprint density at radius 3 is 2.09 bits per heavy atom. The van der Waals surface area contributed by atoms with Gasteiger partial charge in [0.1, 0.15) is 0 Å². The highest BCUT2D eigenvalue weighted by Gasteiger charge is 2.39. The highest BCUT2D eigenvalue weighted by Crippen LogP contribution is 2.36. The summed E-state index contributed by atoms with van der Waals surface area (Å²) in [6.07, 6.45) is 7.80. The van der Waals surface area contributed by atoms with Crippen LogP contribution in [0, 0.1) is 5.92 Å². The van der Waals surface area contributed by atoms with Crippen molar-refractivity contribution < 1.29 is 14.4 Å². The summed E-state index contributed by atoms with van der Waals surface area (Å²) in [5, 5.41) is 0. The third-order valence-electron chi connectivity index (χ3n) is 7.23. The minimum atomic E-state index is -0.282. The molecule has 2 aromatic rings. The molecule has 2 aliphatic heterocycles. The second-order valence-corrected chi connectivity index (χ2v) is 9.36. The predicted molar refractivity (Wildman–Crippen MR) is 132 cm³/mol. The SMILES string of the molecule is O=C(CCCN1C(=O)C(c2ccccc2)=C(c2ccccc2)C1=O)N1CCC2CCCC=C2C1.